The largest absolute Gasteiger partial charge is 0.406 e. The van der Waals surface area contributed by atoms with E-state index in [1.165, 1.54) is 0 Å². The number of rotatable bonds is 9. The van der Waals surface area contributed by atoms with E-state index in [1.807, 2.05) is 42.6 Å². The van der Waals surface area contributed by atoms with Gasteiger partial charge in [-0.15, -0.1) is 11.3 Å². The van der Waals surface area contributed by atoms with Crippen molar-refractivity contribution in [2.75, 3.05) is 6.79 Å². The molecule has 1 aromatic heterocycles. The maximum Gasteiger partial charge on any atom is 0.184 e. The van der Waals surface area contributed by atoms with E-state index in [0.717, 1.165) is 10.6 Å². The van der Waals surface area contributed by atoms with Gasteiger partial charge in [0, 0.05) is 11.6 Å². The molecule has 0 spiro atoms. The predicted octanol–water partition coefficient (Wildman–Crippen LogP) is 4.62. The van der Waals surface area contributed by atoms with Gasteiger partial charge in [0.15, 0.2) is 8.32 Å². The van der Waals surface area contributed by atoms with Crippen molar-refractivity contribution in [2.24, 2.45) is 0 Å². The maximum atomic E-state index is 6.27. The van der Waals surface area contributed by atoms with Crippen LogP contribution in [0.3, 0.4) is 0 Å². The Morgan fingerprint density at radius 3 is 2.52 bits per heavy atom. The van der Waals surface area contributed by atoms with Gasteiger partial charge in [-0.2, -0.15) is 0 Å². The number of hydrogen-bond donors (Lipinski definition) is 0. The highest BCUT2D eigenvalue weighted by atomic mass is 32.1. The number of benzene rings is 1. The minimum atomic E-state index is -1.69. The molecular formula is C17H25NO3SSi. The lowest BCUT2D eigenvalue weighted by Crippen LogP contribution is -2.33. The Balaban J connectivity index is 1.84. The van der Waals surface area contributed by atoms with Crippen molar-refractivity contribution in [1.82, 2.24) is 4.98 Å². The van der Waals surface area contributed by atoms with Crippen LogP contribution in [0.2, 0.25) is 19.6 Å². The summed E-state index contributed by atoms with van der Waals surface area (Å²) in [6.45, 7) is 9.32. The van der Waals surface area contributed by atoms with Crippen LogP contribution in [0.4, 0.5) is 0 Å². The summed E-state index contributed by atoms with van der Waals surface area (Å²) in [7, 11) is -1.69. The summed E-state index contributed by atoms with van der Waals surface area (Å²) in [5.74, 6) is 0. The van der Waals surface area contributed by atoms with Gasteiger partial charge in [-0.25, -0.2) is 4.98 Å². The fourth-order valence-corrected chi connectivity index (χ4v) is 3.99. The minimum absolute atomic E-state index is 0.108. The number of nitrogens with zero attached hydrogens (tertiary/aromatic N) is 1. The zero-order valence-electron chi connectivity index (χ0n) is 14.2. The Bertz CT molecular complexity index is 557. The molecule has 2 aromatic rings. The molecule has 1 aromatic carbocycles. The van der Waals surface area contributed by atoms with E-state index in [4.69, 9.17) is 13.9 Å². The fourth-order valence-electron chi connectivity index (χ4n) is 2.08. The van der Waals surface area contributed by atoms with Crippen molar-refractivity contribution in [3.8, 4) is 0 Å². The summed E-state index contributed by atoms with van der Waals surface area (Å²) in [6.07, 6.45) is 1.56. The summed E-state index contributed by atoms with van der Waals surface area (Å²) in [4.78, 5) is 4.39. The third-order valence-corrected chi connectivity index (χ3v) is 4.93. The SMILES string of the molecule is C[C@@H](OCOCc1ccccc1)[C@@H](O[Si](C)(C)C)c1nccs1. The minimum Gasteiger partial charge on any atom is -0.406 e. The van der Waals surface area contributed by atoms with Crippen molar-refractivity contribution in [2.45, 2.75) is 45.4 Å². The molecule has 6 heteroatoms. The van der Waals surface area contributed by atoms with Gasteiger partial charge in [0.25, 0.3) is 0 Å². The van der Waals surface area contributed by atoms with Crippen molar-refractivity contribution < 1.29 is 13.9 Å². The van der Waals surface area contributed by atoms with Gasteiger partial charge in [-0.05, 0) is 32.1 Å². The average Bonchev–Trinajstić information content (AvgIpc) is 3.03. The van der Waals surface area contributed by atoms with E-state index in [-0.39, 0.29) is 19.0 Å². The van der Waals surface area contributed by atoms with Gasteiger partial charge in [0.1, 0.15) is 17.9 Å². The molecule has 0 bridgehead atoms. The first kappa shape index (κ1) is 18.3. The van der Waals surface area contributed by atoms with Crippen molar-refractivity contribution in [3.63, 3.8) is 0 Å². The van der Waals surface area contributed by atoms with Crippen LogP contribution in [-0.4, -0.2) is 26.2 Å². The van der Waals surface area contributed by atoms with Crippen LogP contribution >= 0.6 is 11.3 Å². The average molecular weight is 352 g/mol. The molecule has 4 nitrogen and oxygen atoms in total. The van der Waals surface area contributed by atoms with Crippen LogP contribution in [0.15, 0.2) is 41.9 Å². The Morgan fingerprint density at radius 1 is 1.17 bits per heavy atom. The maximum absolute atomic E-state index is 6.27. The first-order chi connectivity index (χ1) is 11.0. The highest BCUT2D eigenvalue weighted by Crippen LogP contribution is 2.28. The quantitative estimate of drug-likeness (QED) is 0.376. The second kappa shape index (κ2) is 8.70. The molecule has 0 fully saturated rings. The Labute approximate surface area is 143 Å². The summed E-state index contributed by atoms with van der Waals surface area (Å²) in [5, 5.41) is 2.93. The van der Waals surface area contributed by atoms with Crippen molar-refractivity contribution in [3.05, 3.63) is 52.5 Å². The topological polar surface area (TPSA) is 40.6 Å². The monoisotopic (exact) mass is 351 g/mol. The molecule has 0 amide bonds. The molecule has 0 aliphatic rings. The van der Waals surface area contributed by atoms with Crippen LogP contribution < -0.4 is 0 Å². The Morgan fingerprint density at radius 2 is 1.91 bits per heavy atom. The van der Waals surface area contributed by atoms with E-state index in [2.05, 4.69) is 24.6 Å². The number of hydrogen-bond acceptors (Lipinski definition) is 5. The molecule has 0 radical (unpaired) electrons. The predicted molar refractivity (Wildman–Crippen MR) is 95.9 cm³/mol. The first-order valence-electron chi connectivity index (χ1n) is 7.76. The van der Waals surface area contributed by atoms with Gasteiger partial charge in [-0.1, -0.05) is 30.3 Å². The Kier molecular flexibility index (Phi) is 6.92. The number of ether oxygens (including phenoxy) is 2. The summed E-state index contributed by atoms with van der Waals surface area (Å²) < 4.78 is 17.7. The van der Waals surface area contributed by atoms with Crippen molar-refractivity contribution >= 4 is 19.7 Å². The molecule has 0 unspecified atom stereocenters. The normalized spacial score (nSPS) is 14.6. The lowest BCUT2D eigenvalue weighted by atomic mass is 10.2. The zero-order chi connectivity index (χ0) is 16.7. The lowest BCUT2D eigenvalue weighted by Gasteiger charge is -2.29. The van der Waals surface area contributed by atoms with Crippen LogP contribution in [0.5, 0.6) is 0 Å². The fraction of sp³-hybridized carbons (Fsp3) is 0.471. The third kappa shape index (κ3) is 6.53. The van der Waals surface area contributed by atoms with E-state index >= 15 is 0 Å². The van der Waals surface area contributed by atoms with Gasteiger partial charge in [0.2, 0.25) is 0 Å². The second-order valence-corrected chi connectivity index (χ2v) is 11.7. The Hall–Kier alpha value is -1.05. The van der Waals surface area contributed by atoms with Gasteiger partial charge < -0.3 is 13.9 Å². The van der Waals surface area contributed by atoms with Crippen LogP contribution in [0.25, 0.3) is 0 Å². The molecule has 0 saturated heterocycles. The molecule has 2 atom stereocenters. The molecule has 2 rings (SSSR count). The van der Waals surface area contributed by atoms with Gasteiger partial charge in [0.05, 0.1) is 12.7 Å². The number of aromatic nitrogens is 1. The third-order valence-electron chi connectivity index (χ3n) is 3.13. The van der Waals surface area contributed by atoms with Crippen LogP contribution in [0.1, 0.15) is 23.6 Å². The first-order valence-corrected chi connectivity index (χ1v) is 12.0. The van der Waals surface area contributed by atoms with Gasteiger partial charge in [-0.3, -0.25) is 0 Å². The van der Waals surface area contributed by atoms with E-state index < -0.39 is 8.32 Å². The van der Waals surface area contributed by atoms with E-state index in [0.29, 0.717) is 6.61 Å². The molecule has 0 aliphatic carbocycles. The molecule has 126 valence electrons. The highest BCUT2D eigenvalue weighted by Gasteiger charge is 2.29. The van der Waals surface area contributed by atoms with Crippen LogP contribution in [-0.2, 0) is 20.5 Å². The molecule has 0 saturated carbocycles. The lowest BCUT2D eigenvalue weighted by molar-refractivity contribution is -0.120. The molecule has 1 heterocycles. The van der Waals surface area contributed by atoms with Gasteiger partial charge >= 0.3 is 0 Å². The molecule has 0 N–H and O–H groups in total. The number of thiazole rings is 1. The second-order valence-electron chi connectivity index (χ2n) is 6.34. The van der Waals surface area contributed by atoms with Crippen LogP contribution in [0, 0.1) is 0 Å². The van der Waals surface area contributed by atoms with Crippen molar-refractivity contribution in [1.29, 1.82) is 0 Å². The summed E-state index contributed by atoms with van der Waals surface area (Å²) in [6, 6.07) is 10.1. The summed E-state index contributed by atoms with van der Waals surface area (Å²) in [5.41, 5.74) is 1.14. The van der Waals surface area contributed by atoms with E-state index in [9.17, 15) is 0 Å². The molecule has 23 heavy (non-hydrogen) atoms. The van der Waals surface area contributed by atoms with E-state index in [1.54, 1.807) is 17.5 Å². The summed E-state index contributed by atoms with van der Waals surface area (Å²) >= 11 is 1.60. The molecule has 0 aliphatic heterocycles. The smallest absolute Gasteiger partial charge is 0.184 e. The highest BCUT2D eigenvalue weighted by molar-refractivity contribution is 7.09. The standard InChI is InChI=1S/C17H25NO3SSi/c1-14(20-13-19-12-15-8-6-5-7-9-15)16(21-23(2,3)4)17-18-10-11-22-17/h5-11,14,16H,12-13H2,1-4H3/t14-,16-/m1/s1. The molecular weight excluding hydrogens is 326 g/mol. The zero-order valence-corrected chi connectivity index (χ0v) is 16.0.